The van der Waals surface area contributed by atoms with Gasteiger partial charge in [0, 0.05) is 35.7 Å². The summed E-state index contributed by atoms with van der Waals surface area (Å²) < 4.78 is 0. The summed E-state index contributed by atoms with van der Waals surface area (Å²) in [5, 5.41) is 14.7. The van der Waals surface area contributed by atoms with Crippen LogP contribution in [-0.2, 0) is 24.0 Å². The highest BCUT2D eigenvalue weighted by molar-refractivity contribution is 8.14. The molecule has 0 saturated carbocycles. The summed E-state index contributed by atoms with van der Waals surface area (Å²) in [5.74, 6) is -2.14. The first-order valence-electron chi connectivity index (χ1n) is 11.6. The predicted molar refractivity (Wildman–Crippen MR) is 136 cm³/mol. The molecule has 1 aromatic rings. The van der Waals surface area contributed by atoms with Gasteiger partial charge in [-0.2, -0.15) is 0 Å². The number of nitrogens with zero attached hydrogens (tertiary/aromatic N) is 4. The molecule has 194 valence electrons. The summed E-state index contributed by atoms with van der Waals surface area (Å²) >= 11 is 1.76. The van der Waals surface area contributed by atoms with Crippen LogP contribution in [0.15, 0.2) is 40.3 Å². The Balaban J connectivity index is 1.93. The second-order valence-corrected chi connectivity index (χ2v) is 10.2. The van der Waals surface area contributed by atoms with E-state index in [1.807, 2.05) is 18.2 Å². The minimum Gasteiger partial charge on any atom is -0.480 e. The van der Waals surface area contributed by atoms with E-state index in [1.165, 1.54) is 4.90 Å². The standard InChI is InChI=1S/C23H29N5O6S2/c24-27-25-13-5-4-10-19(29)26-17(11-12-21(31)36-16-7-2-1-3-8-16)23(34)35-15-20(30)28-14-6-9-18(28)22(32)33/h1-3,7-8,17-18H,4-6,9-15H2,(H,26,29)(H,32,33)/t17-,18+/m0/s1. The number of carbonyl (C=O) groups is 5. The molecule has 13 heteroatoms. The van der Waals surface area contributed by atoms with Gasteiger partial charge in [0.2, 0.25) is 16.9 Å². The van der Waals surface area contributed by atoms with Gasteiger partial charge in [0.25, 0.3) is 0 Å². The maximum Gasteiger partial charge on any atom is 0.326 e. The number of amides is 2. The Bertz CT molecular complexity index is 986. The summed E-state index contributed by atoms with van der Waals surface area (Å²) in [6, 6.07) is 7.20. The SMILES string of the molecule is [N-]=[N+]=NCCCCC(=O)N[C@@H](CCC(=O)Sc1ccccc1)C(=O)SCC(=O)N1CCC[C@@H]1C(=O)O. The van der Waals surface area contributed by atoms with Gasteiger partial charge in [-0.15, -0.1) is 0 Å². The smallest absolute Gasteiger partial charge is 0.326 e. The van der Waals surface area contributed by atoms with Crippen molar-refractivity contribution in [1.29, 1.82) is 0 Å². The molecule has 0 unspecified atom stereocenters. The molecule has 1 aromatic carbocycles. The van der Waals surface area contributed by atoms with Crippen molar-refractivity contribution < 1.29 is 29.1 Å². The van der Waals surface area contributed by atoms with Crippen LogP contribution in [0.4, 0.5) is 0 Å². The summed E-state index contributed by atoms with van der Waals surface area (Å²) in [6.45, 7) is 0.592. The van der Waals surface area contributed by atoms with Crippen molar-refractivity contribution in [2.45, 2.75) is 61.9 Å². The molecule has 1 saturated heterocycles. The molecule has 1 aliphatic rings. The van der Waals surface area contributed by atoms with Gasteiger partial charge in [0.15, 0.2) is 5.12 Å². The van der Waals surface area contributed by atoms with E-state index in [2.05, 4.69) is 15.3 Å². The van der Waals surface area contributed by atoms with Crippen LogP contribution in [0.25, 0.3) is 10.4 Å². The number of hydrogen-bond acceptors (Lipinski definition) is 8. The molecule has 2 amide bonds. The van der Waals surface area contributed by atoms with Crippen molar-refractivity contribution >= 4 is 51.5 Å². The maximum absolute atomic E-state index is 12.9. The van der Waals surface area contributed by atoms with Crippen LogP contribution in [0.5, 0.6) is 0 Å². The minimum atomic E-state index is -1.07. The van der Waals surface area contributed by atoms with E-state index in [1.54, 1.807) is 12.1 Å². The van der Waals surface area contributed by atoms with Crippen molar-refractivity contribution in [3.63, 3.8) is 0 Å². The number of hydrogen-bond donors (Lipinski definition) is 2. The average Bonchev–Trinajstić information content (AvgIpc) is 3.36. The summed E-state index contributed by atoms with van der Waals surface area (Å²) in [7, 11) is 0. The third-order valence-electron chi connectivity index (χ3n) is 5.40. The molecule has 2 rings (SSSR count). The highest BCUT2D eigenvalue weighted by Crippen LogP contribution is 2.23. The molecule has 1 fully saturated rings. The van der Waals surface area contributed by atoms with Crippen LogP contribution < -0.4 is 5.32 Å². The van der Waals surface area contributed by atoms with Crippen LogP contribution in [0.3, 0.4) is 0 Å². The largest absolute Gasteiger partial charge is 0.480 e. The van der Waals surface area contributed by atoms with Crippen LogP contribution in [0.1, 0.15) is 44.9 Å². The van der Waals surface area contributed by atoms with Crippen molar-refractivity contribution in [2.75, 3.05) is 18.8 Å². The van der Waals surface area contributed by atoms with E-state index in [0.29, 0.717) is 44.0 Å². The summed E-state index contributed by atoms with van der Waals surface area (Å²) in [4.78, 5) is 66.2. The highest BCUT2D eigenvalue weighted by atomic mass is 32.2. The fourth-order valence-corrected chi connectivity index (χ4v) is 5.19. The molecule has 0 aromatic heterocycles. The number of likely N-dealkylation sites (tertiary alicyclic amines) is 1. The van der Waals surface area contributed by atoms with E-state index >= 15 is 0 Å². The van der Waals surface area contributed by atoms with Crippen molar-refractivity contribution in [1.82, 2.24) is 10.2 Å². The normalized spacial score (nSPS) is 15.6. The Hall–Kier alpha value is -3.02. The van der Waals surface area contributed by atoms with E-state index in [4.69, 9.17) is 5.53 Å². The Morgan fingerprint density at radius 2 is 1.92 bits per heavy atom. The number of carboxylic acid groups (broad SMARTS) is 1. The number of aliphatic carboxylic acids is 1. The lowest BCUT2D eigenvalue weighted by atomic mass is 10.1. The lowest BCUT2D eigenvalue weighted by Crippen LogP contribution is -2.43. The van der Waals surface area contributed by atoms with Crippen molar-refractivity contribution in [2.24, 2.45) is 5.11 Å². The van der Waals surface area contributed by atoms with Gasteiger partial charge in [0.1, 0.15) is 6.04 Å². The molecule has 1 aliphatic heterocycles. The summed E-state index contributed by atoms with van der Waals surface area (Å²) in [5.41, 5.74) is 8.31. The molecule has 0 aliphatic carbocycles. The minimum absolute atomic E-state index is 0.0366. The molecule has 0 bridgehead atoms. The molecule has 11 nitrogen and oxygen atoms in total. The second kappa shape index (κ2) is 15.9. The molecule has 36 heavy (non-hydrogen) atoms. The quantitative estimate of drug-likeness (QED) is 0.120. The monoisotopic (exact) mass is 535 g/mol. The molecule has 0 spiro atoms. The third kappa shape index (κ3) is 10.3. The van der Waals surface area contributed by atoms with Gasteiger partial charge in [-0.25, -0.2) is 4.79 Å². The summed E-state index contributed by atoms with van der Waals surface area (Å²) in [6.07, 6.45) is 2.17. The van der Waals surface area contributed by atoms with Crippen molar-refractivity contribution in [3.8, 4) is 0 Å². The van der Waals surface area contributed by atoms with Crippen LogP contribution >= 0.6 is 23.5 Å². The molecular formula is C23H29N5O6S2. The number of nitrogens with one attached hydrogen (secondary N) is 1. The van der Waals surface area contributed by atoms with E-state index < -0.39 is 29.1 Å². The third-order valence-corrected chi connectivity index (χ3v) is 7.30. The van der Waals surface area contributed by atoms with Crippen LogP contribution in [-0.4, -0.2) is 68.9 Å². The highest BCUT2D eigenvalue weighted by Gasteiger charge is 2.34. The zero-order chi connectivity index (χ0) is 26.3. The average molecular weight is 536 g/mol. The molecule has 1 heterocycles. The van der Waals surface area contributed by atoms with Crippen LogP contribution in [0.2, 0.25) is 0 Å². The van der Waals surface area contributed by atoms with Gasteiger partial charge in [0.05, 0.1) is 11.8 Å². The Morgan fingerprint density at radius 3 is 2.61 bits per heavy atom. The number of carbonyl (C=O) groups excluding carboxylic acids is 4. The van der Waals surface area contributed by atoms with Gasteiger partial charge < -0.3 is 15.3 Å². The predicted octanol–water partition coefficient (Wildman–Crippen LogP) is 3.39. The van der Waals surface area contributed by atoms with Crippen LogP contribution in [0, 0.1) is 0 Å². The molecular weight excluding hydrogens is 506 g/mol. The van der Waals surface area contributed by atoms with Gasteiger partial charge in [-0.05, 0) is 49.8 Å². The number of unbranched alkanes of at least 4 members (excludes halogenated alkanes) is 1. The number of rotatable bonds is 14. The number of carboxylic acids is 1. The maximum atomic E-state index is 12.9. The number of thioether (sulfide) groups is 2. The van der Waals surface area contributed by atoms with Crippen molar-refractivity contribution in [3.05, 3.63) is 40.8 Å². The van der Waals surface area contributed by atoms with E-state index in [9.17, 15) is 29.1 Å². The van der Waals surface area contributed by atoms with Gasteiger partial charge in [-0.3, -0.25) is 19.2 Å². The lowest BCUT2D eigenvalue weighted by molar-refractivity contribution is -0.147. The first-order valence-corrected chi connectivity index (χ1v) is 13.4. The first kappa shape index (κ1) is 29.2. The fraction of sp³-hybridized carbons (Fsp3) is 0.522. The number of benzene rings is 1. The Kier molecular flexibility index (Phi) is 12.9. The van der Waals surface area contributed by atoms with E-state index in [-0.39, 0.29) is 42.6 Å². The lowest BCUT2D eigenvalue weighted by Gasteiger charge is -2.22. The molecule has 2 N–H and O–H groups in total. The topological polar surface area (TPSA) is 170 Å². The first-order chi connectivity index (χ1) is 17.3. The zero-order valence-electron chi connectivity index (χ0n) is 19.7. The second-order valence-electron chi connectivity index (χ2n) is 8.05. The Morgan fingerprint density at radius 1 is 1.17 bits per heavy atom. The molecule has 0 radical (unpaired) electrons. The zero-order valence-corrected chi connectivity index (χ0v) is 21.3. The van der Waals surface area contributed by atoms with Gasteiger partial charge >= 0.3 is 5.97 Å². The van der Waals surface area contributed by atoms with E-state index in [0.717, 1.165) is 16.7 Å². The molecule has 2 atom stereocenters. The fourth-order valence-electron chi connectivity index (χ4n) is 3.60. The Labute approximate surface area is 217 Å². The van der Waals surface area contributed by atoms with Gasteiger partial charge in [-0.1, -0.05) is 46.8 Å². The number of azide groups is 1.